The molecule has 0 amide bonds. The highest BCUT2D eigenvalue weighted by Gasteiger charge is 2.13. The molecule has 0 saturated carbocycles. The van der Waals surface area contributed by atoms with Gasteiger partial charge in [-0.1, -0.05) is 24.3 Å². The van der Waals surface area contributed by atoms with E-state index in [4.69, 9.17) is 0 Å². The molecule has 0 aliphatic heterocycles. The van der Waals surface area contributed by atoms with Crippen LogP contribution in [0, 0.1) is 6.92 Å². The lowest BCUT2D eigenvalue weighted by atomic mass is 10.0. The van der Waals surface area contributed by atoms with Crippen LogP contribution in [-0.4, -0.2) is 9.97 Å². The highest BCUT2D eigenvalue weighted by molar-refractivity contribution is 7.19. The second-order valence-electron chi connectivity index (χ2n) is 4.55. The van der Waals surface area contributed by atoms with Crippen molar-refractivity contribution >= 4 is 43.1 Å². The van der Waals surface area contributed by atoms with Crippen LogP contribution in [0.4, 0.5) is 0 Å². The summed E-state index contributed by atoms with van der Waals surface area (Å²) in [5, 5.41) is 4.79. The molecule has 0 radical (unpaired) electrons. The summed E-state index contributed by atoms with van der Waals surface area (Å²) in [5.41, 5.74) is 0.956. The van der Waals surface area contributed by atoms with E-state index in [1.54, 1.807) is 17.5 Å². The Balaban J connectivity index is 2.51. The minimum Gasteiger partial charge on any atom is -0.329 e. The van der Waals surface area contributed by atoms with E-state index in [0.717, 1.165) is 36.8 Å². The van der Waals surface area contributed by atoms with Crippen LogP contribution < -0.4 is 5.56 Å². The summed E-state index contributed by atoms with van der Waals surface area (Å²) >= 11 is 1.64. The smallest absolute Gasteiger partial charge is 0.256 e. The first-order chi connectivity index (χ1) is 9.25. The van der Waals surface area contributed by atoms with E-state index in [1.807, 2.05) is 37.3 Å². The molecule has 0 bridgehead atoms. The number of hydrogen-bond donors (Lipinski definition) is 1. The molecule has 2 aromatic heterocycles. The maximum atomic E-state index is 12.2. The third kappa shape index (κ3) is 1.37. The average Bonchev–Trinajstić information content (AvgIpc) is 2.81. The fraction of sp³-hybridized carbons (Fsp3) is 0.0667. The van der Waals surface area contributed by atoms with E-state index in [2.05, 4.69) is 9.97 Å². The van der Waals surface area contributed by atoms with Crippen LogP contribution in [0.5, 0.6) is 0 Å². The SMILES string of the molecule is Cc1nc2c3ccccc3c3c(=O)[nH]ccc3c2s1. The van der Waals surface area contributed by atoms with Gasteiger partial charge in [0, 0.05) is 17.0 Å². The Kier molecular flexibility index (Phi) is 2.05. The fourth-order valence-electron chi connectivity index (χ4n) is 2.63. The van der Waals surface area contributed by atoms with E-state index in [-0.39, 0.29) is 5.56 Å². The molecule has 92 valence electrons. The highest BCUT2D eigenvalue weighted by atomic mass is 32.1. The first-order valence-electron chi connectivity index (χ1n) is 6.05. The Morgan fingerprint density at radius 1 is 1.11 bits per heavy atom. The predicted molar refractivity (Wildman–Crippen MR) is 80.0 cm³/mol. The number of thiazole rings is 1. The largest absolute Gasteiger partial charge is 0.329 e. The van der Waals surface area contributed by atoms with Gasteiger partial charge in [0.15, 0.2) is 0 Å². The van der Waals surface area contributed by atoms with Crippen molar-refractivity contribution in [3.05, 3.63) is 51.9 Å². The molecule has 0 fully saturated rings. The van der Waals surface area contributed by atoms with Crippen molar-refractivity contribution < 1.29 is 0 Å². The number of fused-ring (bicyclic) bond motifs is 6. The fourth-order valence-corrected chi connectivity index (χ4v) is 3.60. The third-order valence-electron chi connectivity index (χ3n) is 3.39. The van der Waals surface area contributed by atoms with Crippen molar-refractivity contribution in [2.45, 2.75) is 6.92 Å². The van der Waals surface area contributed by atoms with Gasteiger partial charge >= 0.3 is 0 Å². The molecule has 4 rings (SSSR count). The molecule has 4 heteroatoms. The molecule has 0 aliphatic rings. The van der Waals surface area contributed by atoms with E-state index < -0.39 is 0 Å². The normalized spacial score (nSPS) is 11.6. The molecular weight excluding hydrogens is 256 g/mol. The molecule has 2 heterocycles. The Bertz CT molecular complexity index is 997. The highest BCUT2D eigenvalue weighted by Crippen LogP contribution is 2.35. The second kappa shape index (κ2) is 3.65. The summed E-state index contributed by atoms with van der Waals surface area (Å²) in [5.74, 6) is 0. The number of aromatic nitrogens is 2. The van der Waals surface area contributed by atoms with Crippen LogP contribution in [0.2, 0.25) is 0 Å². The van der Waals surface area contributed by atoms with Crippen LogP contribution in [0.15, 0.2) is 41.3 Å². The van der Waals surface area contributed by atoms with Crippen molar-refractivity contribution in [2.75, 3.05) is 0 Å². The zero-order valence-electron chi connectivity index (χ0n) is 10.2. The van der Waals surface area contributed by atoms with E-state index in [9.17, 15) is 4.79 Å². The first kappa shape index (κ1) is 10.7. The first-order valence-corrected chi connectivity index (χ1v) is 6.86. The van der Waals surface area contributed by atoms with Crippen molar-refractivity contribution in [3.8, 4) is 0 Å². The summed E-state index contributed by atoms with van der Waals surface area (Å²) in [7, 11) is 0. The maximum Gasteiger partial charge on any atom is 0.256 e. The summed E-state index contributed by atoms with van der Waals surface area (Å²) in [6.07, 6.45) is 1.70. The molecule has 4 aromatic rings. The predicted octanol–water partition coefficient (Wildman–Crippen LogP) is 3.60. The second-order valence-corrected chi connectivity index (χ2v) is 5.75. The van der Waals surface area contributed by atoms with Gasteiger partial charge in [-0.3, -0.25) is 4.79 Å². The van der Waals surface area contributed by atoms with Gasteiger partial charge in [-0.2, -0.15) is 0 Å². The Morgan fingerprint density at radius 3 is 2.74 bits per heavy atom. The molecule has 0 atom stereocenters. The summed E-state index contributed by atoms with van der Waals surface area (Å²) in [4.78, 5) is 19.6. The third-order valence-corrected chi connectivity index (χ3v) is 4.40. The Hall–Kier alpha value is -2.20. The van der Waals surface area contributed by atoms with Gasteiger partial charge in [-0.15, -0.1) is 11.3 Å². The van der Waals surface area contributed by atoms with Gasteiger partial charge in [0.2, 0.25) is 0 Å². The number of nitrogens with zero attached hydrogens (tertiary/aromatic N) is 1. The monoisotopic (exact) mass is 266 g/mol. The number of pyridine rings is 1. The molecule has 0 spiro atoms. The molecular formula is C15H10N2OS. The quantitative estimate of drug-likeness (QED) is 0.494. The van der Waals surface area contributed by atoms with E-state index in [0.29, 0.717) is 0 Å². The summed E-state index contributed by atoms with van der Waals surface area (Å²) < 4.78 is 1.09. The average molecular weight is 266 g/mol. The topological polar surface area (TPSA) is 45.8 Å². The zero-order valence-corrected chi connectivity index (χ0v) is 11.0. The minimum absolute atomic E-state index is 0.0401. The lowest BCUT2D eigenvalue weighted by Gasteiger charge is -2.04. The minimum atomic E-state index is -0.0401. The summed E-state index contributed by atoms with van der Waals surface area (Å²) in [6, 6.07) is 9.92. The molecule has 3 nitrogen and oxygen atoms in total. The lowest BCUT2D eigenvalue weighted by Crippen LogP contribution is -2.05. The van der Waals surface area contributed by atoms with Crippen molar-refractivity contribution in [3.63, 3.8) is 0 Å². The molecule has 1 N–H and O–H groups in total. The lowest BCUT2D eigenvalue weighted by molar-refractivity contribution is 1.28. The van der Waals surface area contributed by atoms with Crippen LogP contribution in [0.25, 0.3) is 31.8 Å². The van der Waals surface area contributed by atoms with Crippen molar-refractivity contribution in [1.82, 2.24) is 9.97 Å². The number of aromatic amines is 1. The Morgan fingerprint density at radius 2 is 1.89 bits per heavy atom. The van der Waals surface area contributed by atoms with Gasteiger partial charge in [-0.05, 0) is 18.4 Å². The van der Waals surface area contributed by atoms with Crippen LogP contribution in [0.1, 0.15) is 5.01 Å². The maximum absolute atomic E-state index is 12.2. The van der Waals surface area contributed by atoms with Crippen LogP contribution in [-0.2, 0) is 0 Å². The number of H-pyrrole nitrogens is 1. The Labute approximate surface area is 112 Å². The molecule has 19 heavy (non-hydrogen) atoms. The molecule has 0 unspecified atom stereocenters. The van der Waals surface area contributed by atoms with E-state index >= 15 is 0 Å². The van der Waals surface area contributed by atoms with Crippen molar-refractivity contribution in [1.29, 1.82) is 0 Å². The number of benzene rings is 2. The van der Waals surface area contributed by atoms with Gasteiger partial charge in [0.25, 0.3) is 5.56 Å². The number of hydrogen-bond acceptors (Lipinski definition) is 3. The van der Waals surface area contributed by atoms with Crippen molar-refractivity contribution in [2.24, 2.45) is 0 Å². The van der Waals surface area contributed by atoms with Gasteiger partial charge in [0.1, 0.15) is 0 Å². The summed E-state index contributed by atoms with van der Waals surface area (Å²) in [6.45, 7) is 2.00. The molecule has 2 aromatic carbocycles. The number of nitrogens with one attached hydrogen (secondary N) is 1. The van der Waals surface area contributed by atoms with Crippen LogP contribution >= 0.6 is 11.3 Å². The van der Waals surface area contributed by atoms with Gasteiger partial charge < -0.3 is 4.98 Å². The number of aryl methyl sites for hydroxylation is 1. The van der Waals surface area contributed by atoms with Gasteiger partial charge in [-0.25, -0.2) is 4.98 Å². The molecule has 0 saturated heterocycles. The van der Waals surface area contributed by atoms with E-state index in [1.165, 1.54) is 0 Å². The van der Waals surface area contributed by atoms with Crippen LogP contribution in [0.3, 0.4) is 0 Å². The zero-order chi connectivity index (χ0) is 13.0. The molecule has 0 aliphatic carbocycles. The van der Waals surface area contributed by atoms with Gasteiger partial charge in [0.05, 0.1) is 20.6 Å². The standard InChI is InChI=1S/C15H10N2OS/c1-8-17-13-10-5-3-2-4-9(10)12-11(14(13)19-8)6-7-16-15(12)18/h2-7H,1H3,(H,16,18). The number of rotatable bonds is 0.